The summed E-state index contributed by atoms with van der Waals surface area (Å²) in [6.45, 7) is 9.57. The molecule has 1 amide bonds. The number of ether oxygens (including phenoxy) is 4. The van der Waals surface area contributed by atoms with Crippen molar-refractivity contribution < 1.29 is 23.7 Å². The summed E-state index contributed by atoms with van der Waals surface area (Å²) >= 11 is 0. The summed E-state index contributed by atoms with van der Waals surface area (Å²) < 4.78 is 25.1. The van der Waals surface area contributed by atoms with Crippen LogP contribution >= 0.6 is 0 Å². The molecule has 11 heteroatoms. The Bertz CT molecular complexity index is 1630. The molecule has 11 nitrogen and oxygen atoms in total. The van der Waals surface area contributed by atoms with Gasteiger partial charge in [0.25, 0.3) is 5.91 Å². The van der Waals surface area contributed by atoms with Crippen molar-refractivity contribution in [2.75, 3.05) is 46.6 Å². The van der Waals surface area contributed by atoms with Crippen LogP contribution in [0.25, 0.3) is 10.9 Å². The van der Waals surface area contributed by atoms with Crippen LogP contribution in [0.2, 0.25) is 0 Å². The average Bonchev–Trinajstić information content (AvgIpc) is 3.24. The quantitative estimate of drug-likeness (QED) is 0.337. The molecule has 232 valence electrons. The minimum atomic E-state index is -0.208. The van der Waals surface area contributed by atoms with E-state index in [0.29, 0.717) is 58.2 Å². The van der Waals surface area contributed by atoms with Crippen LogP contribution < -0.4 is 19.5 Å². The maximum Gasteiger partial charge on any atom is 0.273 e. The monoisotopic (exact) mass is 600 g/mol. The van der Waals surface area contributed by atoms with Crippen LogP contribution in [0.4, 0.5) is 0 Å². The zero-order valence-electron chi connectivity index (χ0n) is 25.9. The number of aromatic nitrogens is 4. The molecule has 0 unspecified atom stereocenters. The molecule has 1 N–H and O–H groups in total. The van der Waals surface area contributed by atoms with Gasteiger partial charge in [-0.15, -0.1) is 0 Å². The first-order valence-electron chi connectivity index (χ1n) is 15.1. The van der Waals surface area contributed by atoms with Crippen LogP contribution in [-0.2, 0) is 11.8 Å². The lowest BCUT2D eigenvalue weighted by Gasteiger charge is -2.47. The molecular formula is C33H40N6O5. The summed E-state index contributed by atoms with van der Waals surface area (Å²) in [7, 11) is 3.38. The van der Waals surface area contributed by atoms with Gasteiger partial charge in [-0.25, -0.2) is 9.97 Å². The number of amides is 1. The highest BCUT2D eigenvalue weighted by Crippen LogP contribution is 2.38. The fourth-order valence-electron chi connectivity index (χ4n) is 5.97. The van der Waals surface area contributed by atoms with E-state index in [1.807, 2.05) is 44.2 Å². The first-order valence-corrected chi connectivity index (χ1v) is 15.1. The number of aryl methyl sites for hydroxylation is 2. The molecule has 2 fully saturated rings. The molecule has 6 rings (SSSR count). The zero-order chi connectivity index (χ0) is 30.7. The standard InChI is InChI=1S/C33H40N6O5/c1-22-14-24(36-31(40)28-16-23(2)37-38(28)3)6-7-25(15-22)44-32-26-17-29(41-4)30(18-27(26)34-21-35-32)43-13-5-10-39-11-8-33(9-12-39)19-42-20-33/h6-7,15-18,21H,5,8-14,19-20H2,1-4H3,(H,36,40). The van der Waals surface area contributed by atoms with Crippen molar-refractivity contribution in [1.29, 1.82) is 0 Å². The number of likely N-dealkylation sites (tertiary alicyclic amines) is 1. The highest BCUT2D eigenvalue weighted by atomic mass is 16.5. The van der Waals surface area contributed by atoms with Gasteiger partial charge in [0.05, 0.1) is 43.5 Å². The lowest BCUT2D eigenvalue weighted by molar-refractivity contribution is -0.139. The van der Waals surface area contributed by atoms with Gasteiger partial charge in [-0.05, 0) is 76.6 Å². The van der Waals surface area contributed by atoms with Gasteiger partial charge in [0.2, 0.25) is 5.88 Å². The van der Waals surface area contributed by atoms with E-state index in [1.165, 1.54) is 19.2 Å². The summed E-state index contributed by atoms with van der Waals surface area (Å²) in [5.41, 5.74) is 4.22. The van der Waals surface area contributed by atoms with Crippen LogP contribution in [0.15, 0.2) is 59.8 Å². The van der Waals surface area contributed by atoms with Crippen molar-refractivity contribution in [1.82, 2.24) is 30.0 Å². The molecule has 3 aliphatic rings. The Morgan fingerprint density at radius 2 is 1.91 bits per heavy atom. The first kappa shape index (κ1) is 29.8. The molecule has 3 aromatic rings. The van der Waals surface area contributed by atoms with E-state index in [4.69, 9.17) is 18.9 Å². The Kier molecular flexibility index (Phi) is 8.67. The molecule has 1 aliphatic carbocycles. The van der Waals surface area contributed by atoms with Crippen molar-refractivity contribution in [3.8, 4) is 17.4 Å². The van der Waals surface area contributed by atoms with Gasteiger partial charge in [-0.1, -0.05) is 5.57 Å². The first-order chi connectivity index (χ1) is 21.3. The molecule has 0 atom stereocenters. The number of piperidine rings is 1. The average molecular weight is 601 g/mol. The van der Waals surface area contributed by atoms with E-state index in [2.05, 4.69) is 25.3 Å². The van der Waals surface area contributed by atoms with Crippen LogP contribution in [-0.4, -0.2) is 77.1 Å². The third kappa shape index (κ3) is 6.63. The minimum absolute atomic E-state index is 0.208. The van der Waals surface area contributed by atoms with Gasteiger partial charge < -0.3 is 29.2 Å². The number of allylic oxidation sites excluding steroid dienone is 4. The molecule has 1 spiro atoms. The number of fused-ring (bicyclic) bond motifs is 1. The maximum atomic E-state index is 12.8. The smallest absolute Gasteiger partial charge is 0.273 e. The van der Waals surface area contributed by atoms with Gasteiger partial charge in [0.1, 0.15) is 17.8 Å². The van der Waals surface area contributed by atoms with Crippen LogP contribution in [0.3, 0.4) is 0 Å². The fraction of sp³-hybridized carbons (Fsp3) is 0.455. The lowest BCUT2D eigenvalue weighted by Crippen LogP contribution is -2.51. The second kappa shape index (κ2) is 12.8. The van der Waals surface area contributed by atoms with E-state index >= 15 is 0 Å². The van der Waals surface area contributed by atoms with E-state index in [1.54, 1.807) is 24.9 Å². The van der Waals surface area contributed by atoms with Crippen LogP contribution in [0, 0.1) is 12.3 Å². The molecule has 4 heterocycles. The number of benzene rings is 1. The molecule has 0 radical (unpaired) electrons. The Balaban J connectivity index is 1.10. The second-order valence-electron chi connectivity index (χ2n) is 12.0. The van der Waals surface area contributed by atoms with Crippen molar-refractivity contribution in [3.05, 3.63) is 71.2 Å². The van der Waals surface area contributed by atoms with Crippen molar-refractivity contribution in [2.24, 2.45) is 12.5 Å². The molecule has 1 aromatic carbocycles. The minimum Gasteiger partial charge on any atom is -0.493 e. The van der Waals surface area contributed by atoms with Crippen LogP contribution in [0.1, 0.15) is 48.8 Å². The van der Waals surface area contributed by atoms with E-state index < -0.39 is 0 Å². The van der Waals surface area contributed by atoms with E-state index in [9.17, 15) is 4.79 Å². The van der Waals surface area contributed by atoms with E-state index in [0.717, 1.165) is 56.2 Å². The molecule has 2 aromatic heterocycles. The normalized spacial score (nSPS) is 18.1. The van der Waals surface area contributed by atoms with Gasteiger partial charge >= 0.3 is 0 Å². The molecule has 0 bridgehead atoms. The van der Waals surface area contributed by atoms with Crippen LogP contribution in [0.5, 0.6) is 17.4 Å². The Hall–Kier alpha value is -4.22. The summed E-state index contributed by atoms with van der Waals surface area (Å²) in [6.07, 6.45) is 11.0. The predicted molar refractivity (Wildman–Crippen MR) is 166 cm³/mol. The molecular weight excluding hydrogens is 560 g/mol. The summed E-state index contributed by atoms with van der Waals surface area (Å²) in [4.78, 5) is 24.2. The lowest BCUT2D eigenvalue weighted by atomic mass is 9.77. The topological polar surface area (TPSA) is 113 Å². The largest absolute Gasteiger partial charge is 0.493 e. The number of hydrogen-bond donors (Lipinski definition) is 1. The molecule has 0 saturated carbocycles. The molecule has 44 heavy (non-hydrogen) atoms. The van der Waals surface area contributed by atoms with Crippen molar-refractivity contribution in [2.45, 2.75) is 39.5 Å². The molecule has 2 saturated heterocycles. The van der Waals surface area contributed by atoms with E-state index in [-0.39, 0.29) is 5.91 Å². The Morgan fingerprint density at radius 1 is 1.09 bits per heavy atom. The number of rotatable bonds is 10. The van der Waals surface area contributed by atoms with Gasteiger partial charge in [0.15, 0.2) is 11.5 Å². The number of nitrogens with one attached hydrogen (secondary N) is 1. The SMILES string of the molecule is COc1cc2c(OC3=CC=C(NC(=O)c4cc(C)nn4C)CC(C)=C3)ncnc2cc1OCCCN1CCC2(CC1)COC2. The third-order valence-corrected chi connectivity index (χ3v) is 8.52. The number of methoxy groups -OCH3 is 1. The number of nitrogens with zero attached hydrogens (tertiary/aromatic N) is 5. The maximum absolute atomic E-state index is 12.8. The fourth-order valence-corrected chi connectivity index (χ4v) is 5.97. The second-order valence-corrected chi connectivity index (χ2v) is 12.0. The van der Waals surface area contributed by atoms with Crippen molar-refractivity contribution in [3.63, 3.8) is 0 Å². The summed E-state index contributed by atoms with van der Waals surface area (Å²) in [5.74, 6) is 2.03. The highest BCUT2D eigenvalue weighted by Gasteiger charge is 2.40. The Morgan fingerprint density at radius 3 is 2.61 bits per heavy atom. The molecule has 2 aliphatic heterocycles. The number of carbonyl (C=O) groups is 1. The summed E-state index contributed by atoms with van der Waals surface area (Å²) in [5, 5.41) is 7.97. The zero-order valence-corrected chi connectivity index (χ0v) is 25.9. The third-order valence-electron chi connectivity index (χ3n) is 8.52. The van der Waals surface area contributed by atoms with Gasteiger partial charge in [-0.3, -0.25) is 9.48 Å². The van der Waals surface area contributed by atoms with Crippen molar-refractivity contribution >= 4 is 16.8 Å². The predicted octanol–water partition coefficient (Wildman–Crippen LogP) is 4.49. The number of carbonyl (C=O) groups excluding carboxylic acids is 1. The summed E-state index contributed by atoms with van der Waals surface area (Å²) in [6, 6.07) is 5.50. The highest BCUT2D eigenvalue weighted by molar-refractivity contribution is 5.94. The van der Waals surface area contributed by atoms with Gasteiger partial charge in [-0.2, -0.15) is 5.10 Å². The van der Waals surface area contributed by atoms with Gasteiger partial charge in [0, 0.05) is 37.2 Å². The Labute approximate surface area is 257 Å². The number of hydrogen-bond acceptors (Lipinski definition) is 9.